The van der Waals surface area contributed by atoms with Crippen LogP contribution in [-0.2, 0) is 0 Å². The molecule has 0 aromatic heterocycles. The first-order valence-electron chi connectivity index (χ1n) is 5.45. The molecule has 0 N–H and O–H groups in total. The van der Waals surface area contributed by atoms with Gasteiger partial charge in [-0.2, -0.15) is 12.6 Å². The number of nitrogens with zero attached hydrogens (tertiary/aromatic N) is 1. The minimum atomic E-state index is -0.385. The van der Waals surface area contributed by atoms with E-state index in [9.17, 15) is 10.1 Å². The van der Waals surface area contributed by atoms with Crippen LogP contribution in [0, 0.1) is 29.9 Å². The molecule has 1 aromatic rings. The van der Waals surface area contributed by atoms with E-state index in [1.54, 1.807) is 13.0 Å². The lowest BCUT2D eigenvalue weighted by Gasteiger charge is -2.13. The molecule has 0 spiro atoms. The van der Waals surface area contributed by atoms with Crippen LogP contribution in [0.5, 0.6) is 5.75 Å². The molecule has 1 atom stereocenters. The minimum Gasteiger partial charge on any atom is -0.493 e. The molecule has 0 amide bonds. The molecule has 0 aliphatic heterocycles. The third-order valence-electron chi connectivity index (χ3n) is 2.53. The van der Waals surface area contributed by atoms with Crippen LogP contribution in [0.1, 0.15) is 18.1 Å². The molecule has 1 aromatic carbocycles. The van der Waals surface area contributed by atoms with Crippen molar-refractivity contribution in [1.82, 2.24) is 0 Å². The molecule has 1 unspecified atom stereocenters. The molecule has 17 heavy (non-hydrogen) atoms. The van der Waals surface area contributed by atoms with Crippen molar-refractivity contribution in [1.29, 1.82) is 0 Å². The van der Waals surface area contributed by atoms with Crippen molar-refractivity contribution in [2.45, 2.75) is 20.8 Å². The average molecular weight is 255 g/mol. The zero-order chi connectivity index (χ0) is 13.0. The second-order valence-electron chi connectivity index (χ2n) is 4.26. The van der Waals surface area contributed by atoms with E-state index in [1.807, 2.05) is 13.8 Å². The van der Waals surface area contributed by atoms with Gasteiger partial charge in [0, 0.05) is 5.56 Å². The SMILES string of the molecule is Cc1cc(C)c([N+](=O)[O-])cc1OCC(C)CS. The van der Waals surface area contributed by atoms with Gasteiger partial charge in [-0.3, -0.25) is 10.1 Å². The molecule has 1 rings (SSSR count). The number of nitro groups is 1. The van der Waals surface area contributed by atoms with Crippen LogP contribution in [0.25, 0.3) is 0 Å². The lowest BCUT2D eigenvalue weighted by atomic mass is 10.1. The predicted molar refractivity (Wildman–Crippen MR) is 71.1 cm³/mol. The van der Waals surface area contributed by atoms with E-state index in [-0.39, 0.29) is 10.6 Å². The maximum absolute atomic E-state index is 10.8. The number of hydrogen-bond acceptors (Lipinski definition) is 4. The van der Waals surface area contributed by atoms with Gasteiger partial charge in [-0.1, -0.05) is 6.92 Å². The number of benzene rings is 1. The van der Waals surface area contributed by atoms with Crippen molar-refractivity contribution in [3.63, 3.8) is 0 Å². The Balaban J connectivity index is 2.92. The highest BCUT2D eigenvalue weighted by Gasteiger charge is 2.14. The van der Waals surface area contributed by atoms with Crippen molar-refractivity contribution in [3.8, 4) is 5.75 Å². The Bertz CT molecular complexity index is 420. The number of aryl methyl sites for hydroxylation is 2. The molecule has 4 nitrogen and oxygen atoms in total. The van der Waals surface area contributed by atoms with Crippen LogP contribution in [0.15, 0.2) is 12.1 Å². The third kappa shape index (κ3) is 3.63. The van der Waals surface area contributed by atoms with Crippen molar-refractivity contribution in [2.75, 3.05) is 12.4 Å². The first-order chi connectivity index (χ1) is 7.95. The number of hydrogen-bond donors (Lipinski definition) is 1. The van der Waals surface area contributed by atoms with Gasteiger partial charge in [0.1, 0.15) is 5.75 Å². The van der Waals surface area contributed by atoms with Gasteiger partial charge in [0.2, 0.25) is 0 Å². The molecular formula is C12H17NO3S. The zero-order valence-corrected chi connectivity index (χ0v) is 11.2. The third-order valence-corrected chi connectivity index (χ3v) is 3.15. The summed E-state index contributed by atoms with van der Waals surface area (Å²) in [6.07, 6.45) is 0. The summed E-state index contributed by atoms with van der Waals surface area (Å²) in [5, 5.41) is 10.8. The fourth-order valence-corrected chi connectivity index (χ4v) is 1.56. The van der Waals surface area contributed by atoms with Crippen LogP contribution >= 0.6 is 12.6 Å². The molecule has 0 aliphatic carbocycles. The highest BCUT2D eigenvalue weighted by molar-refractivity contribution is 7.80. The Labute approximate surface area is 107 Å². The van der Waals surface area contributed by atoms with E-state index in [0.29, 0.717) is 23.8 Å². The van der Waals surface area contributed by atoms with Gasteiger partial charge in [-0.25, -0.2) is 0 Å². The highest BCUT2D eigenvalue weighted by Crippen LogP contribution is 2.28. The van der Waals surface area contributed by atoms with Crippen LogP contribution in [0.3, 0.4) is 0 Å². The van der Waals surface area contributed by atoms with Crippen LogP contribution in [-0.4, -0.2) is 17.3 Å². The van der Waals surface area contributed by atoms with E-state index in [1.165, 1.54) is 6.07 Å². The standard InChI is InChI=1S/C12H17NO3S/c1-8(7-17)6-16-12-5-11(13(14)15)9(2)4-10(12)3/h4-5,8,17H,6-7H2,1-3H3. The fourth-order valence-electron chi connectivity index (χ4n) is 1.46. The summed E-state index contributed by atoms with van der Waals surface area (Å²) < 4.78 is 5.58. The van der Waals surface area contributed by atoms with Gasteiger partial charge < -0.3 is 4.74 Å². The van der Waals surface area contributed by atoms with Gasteiger partial charge in [0.05, 0.1) is 17.6 Å². The smallest absolute Gasteiger partial charge is 0.276 e. The molecule has 5 heteroatoms. The number of ether oxygens (including phenoxy) is 1. The van der Waals surface area contributed by atoms with Crippen molar-refractivity contribution in [2.24, 2.45) is 5.92 Å². The molecule has 94 valence electrons. The summed E-state index contributed by atoms with van der Waals surface area (Å²) in [4.78, 5) is 10.4. The average Bonchev–Trinajstić information content (AvgIpc) is 2.26. The van der Waals surface area contributed by atoms with E-state index in [0.717, 1.165) is 11.3 Å². The van der Waals surface area contributed by atoms with Gasteiger partial charge in [-0.15, -0.1) is 0 Å². The predicted octanol–water partition coefficient (Wildman–Crippen LogP) is 3.16. The van der Waals surface area contributed by atoms with E-state index in [2.05, 4.69) is 12.6 Å². The van der Waals surface area contributed by atoms with Crippen LogP contribution in [0.2, 0.25) is 0 Å². The Morgan fingerprint density at radius 1 is 1.41 bits per heavy atom. The minimum absolute atomic E-state index is 0.101. The lowest BCUT2D eigenvalue weighted by molar-refractivity contribution is -0.385. The summed E-state index contributed by atoms with van der Waals surface area (Å²) in [7, 11) is 0. The summed E-state index contributed by atoms with van der Waals surface area (Å²) >= 11 is 4.17. The molecule has 0 saturated heterocycles. The van der Waals surface area contributed by atoms with E-state index >= 15 is 0 Å². The van der Waals surface area contributed by atoms with Crippen LogP contribution < -0.4 is 4.74 Å². The van der Waals surface area contributed by atoms with E-state index < -0.39 is 0 Å². The monoisotopic (exact) mass is 255 g/mol. The highest BCUT2D eigenvalue weighted by atomic mass is 32.1. The quantitative estimate of drug-likeness (QED) is 0.499. The topological polar surface area (TPSA) is 52.4 Å². The second-order valence-corrected chi connectivity index (χ2v) is 4.63. The van der Waals surface area contributed by atoms with Crippen molar-refractivity contribution >= 4 is 18.3 Å². The van der Waals surface area contributed by atoms with Gasteiger partial charge in [-0.05, 0) is 37.1 Å². The largest absolute Gasteiger partial charge is 0.493 e. The first kappa shape index (κ1) is 13.8. The Morgan fingerprint density at radius 3 is 2.59 bits per heavy atom. The van der Waals surface area contributed by atoms with Gasteiger partial charge in [0.15, 0.2) is 0 Å². The Kier molecular flexibility index (Phi) is 4.81. The normalized spacial score (nSPS) is 12.2. The first-order valence-corrected chi connectivity index (χ1v) is 6.08. The van der Waals surface area contributed by atoms with Gasteiger partial charge in [0.25, 0.3) is 5.69 Å². The molecule has 0 bridgehead atoms. The molecule has 0 aliphatic rings. The molecule has 0 fully saturated rings. The Hall–Kier alpha value is -1.23. The maximum Gasteiger partial charge on any atom is 0.276 e. The molecule has 0 radical (unpaired) electrons. The number of nitro benzene ring substituents is 1. The van der Waals surface area contributed by atoms with Crippen molar-refractivity contribution < 1.29 is 9.66 Å². The fraction of sp³-hybridized carbons (Fsp3) is 0.500. The summed E-state index contributed by atoms with van der Waals surface area (Å²) in [6.45, 7) is 6.15. The number of thiol groups is 1. The summed E-state index contributed by atoms with van der Waals surface area (Å²) in [6, 6.07) is 3.27. The molecular weight excluding hydrogens is 238 g/mol. The number of rotatable bonds is 5. The second kappa shape index (κ2) is 5.91. The molecule has 0 saturated carbocycles. The maximum atomic E-state index is 10.8. The van der Waals surface area contributed by atoms with Crippen LogP contribution in [0.4, 0.5) is 5.69 Å². The zero-order valence-electron chi connectivity index (χ0n) is 10.3. The van der Waals surface area contributed by atoms with Crippen molar-refractivity contribution in [3.05, 3.63) is 33.4 Å². The lowest BCUT2D eigenvalue weighted by Crippen LogP contribution is -2.10. The Morgan fingerprint density at radius 2 is 2.06 bits per heavy atom. The molecule has 0 heterocycles. The summed E-state index contributed by atoms with van der Waals surface area (Å²) in [5.74, 6) is 1.63. The van der Waals surface area contributed by atoms with E-state index in [4.69, 9.17) is 4.74 Å². The summed E-state index contributed by atoms with van der Waals surface area (Å²) in [5.41, 5.74) is 1.67. The van der Waals surface area contributed by atoms with Gasteiger partial charge >= 0.3 is 0 Å².